The van der Waals surface area contributed by atoms with Crippen molar-refractivity contribution >= 4 is 11.6 Å². The maximum Gasteiger partial charge on any atom is 0.0848 e. The quantitative estimate of drug-likeness (QED) is 0.863. The minimum Gasteiger partial charge on any atom is -0.392 e. The molecule has 1 aromatic rings. The molecule has 1 aromatic heterocycles. The van der Waals surface area contributed by atoms with Gasteiger partial charge in [0.1, 0.15) is 0 Å². The maximum absolute atomic E-state index is 9.83. The number of hydrogen-bond acceptors (Lipinski definition) is 2. The second-order valence-corrected chi connectivity index (χ2v) is 4.56. The van der Waals surface area contributed by atoms with Gasteiger partial charge in [0.2, 0.25) is 0 Å². The van der Waals surface area contributed by atoms with Gasteiger partial charge in [-0.3, -0.25) is 4.68 Å². The molecular formula is C11H19ClN2O. The van der Waals surface area contributed by atoms with Crippen molar-refractivity contribution in [3.05, 3.63) is 16.4 Å². The highest BCUT2D eigenvalue weighted by molar-refractivity contribution is 6.31. The van der Waals surface area contributed by atoms with Gasteiger partial charge in [0.25, 0.3) is 0 Å². The van der Waals surface area contributed by atoms with E-state index in [0.717, 1.165) is 17.9 Å². The van der Waals surface area contributed by atoms with Gasteiger partial charge in [-0.2, -0.15) is 5.10 Å². The fourth-order valence-corrected chi connectivity index (χ4v) is 1.71. The van der Waals surface area contributed by atoms with E-state index in [1.165, 1.54) is 0 Å². The van der Waals surface area contributed by atoms with Crippen LogP contribution in [0.2, 0.25) is 5.02 Å². The molecule has 86 valence electrons. The van der Waals surface area contributed by atoms with Gasteiger partial charge in [-0.25, -0.2) is 0 Å². The summed E-state index contributed by atoms with van der Waals surface area (Å²) in [6.07, 6.45) is 0.217. The Balaban J connectivity index is 2.92. The lowest BCUT2D eigenvalue weighted by molar-refractivity contribution is 0.123. The van der Waals surface area contributed by atoms with E-state index in [1.807, 2.05) is 32.4 Å². The predicted octanol–water partition coefficient (Wildman–Crippen LogP) is 2.42. The number of nitrogens with zero attached hydrogens (tertiary/aromatic N) is 2. The van der Waals surface area contributed by atoms with Crippen LogP contribution in [0.1, 0.15) is 32.2 Å². The molecule has 1 unspecified atom stereocenters. The van der Waals surface area contributed by atoms with Crippen molar-refractivity contribution in [2.75, 3.05) is 0 Å². The van der Waals surface area contributed by atoms with Crippen LogP contribution >= 0.6 is 11.6 Å². The second kappa shape index (κ2) is 4.99. The lowest BCUT2D eigenvalue weighted by atomic mass is 10.0. The standard InChI is InChI=1S/C11H19ClN2O/c1-5-14-9(6-10(15)7(2)3)11(12)8(4)13-14/h7,10,15H,5-6H2,1-4H3. The maximum atomic E-state index is 9.83. The summed E-state index contributed by atoms with van der Waals surface area (Å²) in [5, 5.41) is 14.8. The van der Waals surface area contributed by atoms with Crippen LogP contribution in [-0.2, 0) is 13.0 Å². The molecule has 0 fully saturated rings. The van der Waals surface area contributed by atoms with Gasteiger partial charge in [0.05, 0.1) is 22.5 Å². The SMILES string of the molecule is CCn1nc(C)c(Cl)c1CC(O)C(C)C. The van der Waals surface area contributed by atoms with Crippen molar-refractivity contribution in [3.63, 3.8) is 0 Å². The Morgan fingerprint density at radius 3 is 2.53 bits per heavy atom. The second-order valence-electron chi connectivity index (χ2n) is 4.18. The fourth-order valence-electron chi connectivity index (χ4n) is 1.50. The summed E-state index contributed by atoms with van der Waals surface area (Å²) in [6.45, 7) is 8.69. The van der Waals surface area contributed by atoms with Crippen molar-refractivity contribution in [2.45, 2.75) is 46.8 Å². The molecule has 0 amide bonds. The Bertz CT molecular complexity index is 334. The topological polar surface area (TPSA) is 38.0 Å². The number of hydrogen-bond donors (Lipinski definition) is 1. The van der Waals surface area contributed by atoms with Crippen LogP contribution in [0.15, 0.2) is 0 Å². The average Bonchev–Trinajstić information content (AvgIpc) is 2.45. The number of rotatable bonds is 4. The summed E-state index contributed by atoms with van der Waals surface area (Å²) in [6, 6.07) is 0. The van der Waals surface area contributed by atoms with Gasteiger partial charge >= 0.3 is 0 Å². The third-order valence-electron chi connectivity index (χ3n) is 2.62. The third-order valence-corrected chi connectivity index (χ3v) is 3.12. The lowest BCUT2D eigenvalue weighted by Crippen LogP contribution is -2.20. The van der Waals surface area contributed by atoms with E-state index in [4.69, 9.17) is 11.6 Å². The molecule has 0 aromatic carbocycles. The summed E-state index contributed by atoms with van der Waals surface area (Å²) in [4.78, 5) is 0. The van der Waals surface area contributed by atoms with E-state index >= 15 is 0 Å². The molecule has 0 aliphatic carbocycles. The molecule has 15 heavy (non-hydrogen) atoms. The first-order valence-electron chi connectivity index (χ1n) is 5.37. The van der Waals surface area contributed by atoms with E-state index in [1.54, 1.807) is 0 Å². The van der Waals surface area contributed by atoms with Crippen LogP contribution < -0.4 is 0 Å². The van der Waals surface area contributed by atoms with Crippen molar-refractivity contribution in [1.82, 2.24) is 9.78 Å². The number of aliphatic hydroxyl groups is 1. The molecule has 0 saturated heterocycles. The molecule has 3 nitrogen and oxygen atoms in total. The predicted molar refractivity (Wildman–Crippen MR) is 62.2 cm³/mol. The first-order valence-corrected chi connectivity index (χ1v) is 5.75. The molecule has 0 bridgehead atoms. The zero-order valence-corrected chi connectivity index (χ0v) is 10.5. The number of aryl methyl sites for hydroxylation is 2. The average molecular weight is 231 g/mol. The molecule has 0 saturated carbocycles. The largest absolute Gasteiger partial charge is 0.392 e. The van der Waals surface area contributed by atoms with Crippen molar-refractivity contribution in [1.29, 1.82) is 0 Å². The molecule has 1 heterocycles. The third kappa shape index (κ3) is 2.73. The van der Waals surface area contributed by atoms with Gasteiger partial charge in [0.15, 0.2) is 0 Å². The Kier molecular flexibility index (Phi) is 4.17. The number of aromatic nitrogens is 2. The highest BCUT2D eigenvalue weighted by atomic mass is 35.5. The minimum atomic E-state index is -0.358. The van der Waals surface area contributed by atoms with Gasteiger partial charge in [-0.1, -0.05) is 25.4 Å². The minimum absolute atomic E-state index is 0.238. The monoisotopic (exact) mass is 230 g/mol. The smallest absolute Gasteiger partial charge is 0.0848 e. The van der Waals surface area contributed by atoms with Crippen LogP contribution in [0, 0.1) is 12.8 Å². The van der Waals surface area contributed by atoms with Crippen molar-refractivity contribution in [2.24, 2.45) is 5.92 Å². The Labute approximate surface area is 96.1 Å². The Hall–Kier alpha value is -0.540. The molecule has 1 N–H and O–H groups in total. The van der Waals surface area contributed by atoms with Gasteiger partial charge in [0, 0.05) is 13.0 Å². The van der Waals surface area contributed by atoms with E-state index in [0.29, 0.717) is 11.4 Å². The van der Waals surface area contributed by atoms with E-state index in [2.05, 4.69) is 5.10 Å². The summed E-state index contributed by atoms with van der Waals surface area (Å²) in [5.41, 5.74) is 1.78. The highest BCUT2D eigenvalue weighted by Crippen LogP contribution is 2.22. The normalized spacial score (nSPS) is 13.5. The van der Waals surface area contributed by atoms with Gasteiger partial charge in [-0.05, 0) is 19.8 Å². The van der Waals surface area contributed by atoms with Crippen LogP contribution in [0.25, 0.3) is 0 Å². The molecule has 1 atom stereocenters. The zero-order valence-electron chi connectivity index (χ0n) is 9.79. The van der Waals surface area contributed by atoms with Crippen molar-refractivity contribution < 1.29 is 5.11 Å². The molecular weight excluding hydrogens is 212 g/mol. The summed E-state index contributed by atoms with van der Waals surface area (Å²) in [5.74, 6) is 0.238. The van der Waals surface area contributed by atoms with Gasteiger partial charge in [-0.15, -0.1) is 0 Å². The first kappa shape index (κ1) is 12.5. The Morgan fingerprint density at radius 2 is 2.07 bits per heavy atom. The van der Waals surface area contributed by atoms with E-state index in [-0.39, 0.29) is 12.0 Å². The number of aliphatic hydroxyl groups excluding tert-OH is 1. The number of halogens is 1. The van der Waals surface area contributed by atoms with Crippen molar-refractivity contribution in [3.8, 4) is 0 Å². The van der Waals surface area contributed by atoms with Crippen LogP contribution in [0.3, 0.4) is 0 Å². The van der Waals surface area contributed by atoms with Gasteiger partial charge < -0.3 is 5.11 Å². The molecule has 0 aliphatic rings. The summed E-state index contributed by atoms with van der Waals surface area (Å²) < 4.78 is 1.86. The molecule has 0 spiro atoms. The Morgan fingerprint density at radius 1 is 1.47 bits per heavy atom. The van der Waals surface area contributed by atoms with E-state index in [9.17, 15) is 5.11 Å². The first-order chi connectivity index (χ1) is 6.97. The summed E-state index contributed by atoms with van der Waals surface area (Å²) in [7, 11) is 0. The lowest BCUT2D eigenvalue weighted by Gasteiger charge is -2.15. The molecule has 1 rings (SSSR count). The van der Waals surface area contributed by atoms with Crippen LogP contribution in [0.4, 0.5) is 0 Å². The zero-order chi connectivity index (χ0) is 11.6. The highest BCUT2D eigenvalue weighted by Gasteiger charge is 2.18. The van der Waals surface area contributed by atoms with E-state index < -0.39 is 0 Å². The molecule has 0 radical (unpaired) electrons. The molecule has 4 heteroatoms. The molecule has 0 aliphatic heterocycles. The van der Waals surface area contributed by atoms with Crippen LogP contribution in [-0.4, -0.2) is 21.0 Å². The fraction of sp³-hybridized carbons (Fsp3) is 0.727. The summed E-state index contributed by atoms with van der Waals surface area (Å²) >= 11 is 6.15. The van der Waals surface area contributed by atoms with Crippen LogP contribution in [0.5, 0.6) is 0 Å².